The lowest BCUT2D eigenvalue weighted by Crippen LogP contribution is -2.16. The van der Waals surface area contributed by atoms with Crippen LogP contribution in [0.15, 0.2) is 21.8 Å². The zero-order chi connectivity index (χ0) is 15.4. The molecule has 0 fully saturated rings. The fourth-order valence-electron chi connectivity index (χ4n) is 1.69. The van der Waals surface area contributed by atoms with Crippen molar-refractivity contribution in [2.75, 3.05) is 17.2 Å². The van der Waals surface area contributed by atoms with Crippen molar-refractivity contribution in [3.63, 3.8) is 0 Å². The molecule has 0 atom stereocenters. The molecule has 0 saturated heterocycles. The Bertz CT molecular complexity index is 711. The zero-order valence-electron chi connectivity index (χ0n) is 11.0. The van der Waals surface area contributed by atoms with Crippen LogP contribution >= 0.6 is 23.1 Å². The van der Waals surface area contributed by atoms with Crippen LogP contribution in [-0.2, 0) is 6.42 Å². The maximum atomic E-state index is 11.7. The summed E-state index contributed by atoms with van der Waals surface area (Å²) in [6.07, 6.45) is 1.55. The molecule has 0 aliphatic rings. The Morgan fingerprint density at radius 3 is 2.81 bits per heavy atom. The number of aromatic amines is 1. The van der Waals surface area contributed by atoms with Crippen molar-refractivity contribution in [3.05, 3.63) is 32.2 Å². The number of anilines is 2. The van der Waals surface area contributed by atoms with Gasteiger partial charge in [-0.1, -0.05) is 0 Å². The van der Waals surface area contributed by atoms with E-state index in [1.807, 2.05) is 6.07 Å². The van der Waals surface area contributed by atoms with Crippen LogP contribution < -0.4 is 17.0 Å². The van der Waals surface area contributed by atoms with Gasteiger partial charge < -0.3 is 16.6 Å². The van der Waals surface area contributed by atoms with E-state index in [9.17, 15) is 9.59 Å². The molecule has 2 heterocycles. The van der Waals surface area contributed by atoms with Gasteiger partial charge in [0.1, 0.15) is 15.6 Å². The lowest BCUT2D eigenvalue weighted by atomic mass is 10.3. The molecule has 0 amide bonds. The van der Waals surface area contributed by atoms with Gasteiger partial charge in [-0.05, 0) is 30.7 Å². The summed E-state index contributed by atoms with van der Waals surface area (Å²) in [6.45, 7) is 0. The molecule has 2 aromatic heterocycles. The first kappa shape index (κ1) is 15.4. The van der Waals surface area contributed by atoms with E-state index in [0.29, 0.717) is 15.5 Å². The monoisotopic (exact) mass is 326 g/mol. The van der Waals surface area contributed by atoms with Crippen LogP contribution in [0.2, 0.25) is 0 Å². The minimum Gasteiger partial charge on any atom is -0.477 e. The van der Waals surface area contributed by atoms with Crippen molar-refractivity contribution >= 4 is 40.8 Å². The van der Waals surface area contributed by atoms with Crippen molar-refractivity contribution in [1.82, 2.24) is 9.97 Å². The number of aryl methyl sites for hydroxylation is 1. The summed E-state index contributed by atoms with van der Waals surface area (Å²) in [5.41, 5.74) is 10.7. The summed E-state index contributed by atoms with van der Waals surface area (Å²) in [6, 6.07) is 3.41. The van der Waals surface area contributed by atoms with E-state index >= 15 is 0 Å². The van der Waals surface area contributed by atoms with Crippen molar-refractivity contribution in [2.45, 2.75) is 17.7 Å². The van der Waals surface area contributed by atoms with E-state index in [1.165, 1.54) is 23.1 Å². The Kier molecular flexibility index (Phi) is 4.86. The molecule has 21 heavy (non-hydrogen) atoms. The molecular weight excluding hydrogens is 312 g/mol. The minimum absolute atomic E-state index is 0.00151. The Hall–Kier alpha value is -2.00. The second-order valence-corrected chi connectivity index (χ2v) is 6.46. The first-order valence-corrected chi connectivity index (χ1v) is 7.87. The van der Waals surface area contributed by atoms with Crippen LogP contribution in [0.1, 0.15) is 21.0 Å². The van der Waals surface area contributed by atoms with Crippen molar-refractivity contribution in [3.8, 4) is 0 Å². The Balaban J connectivity index is 1.87. The number of carboxylic acids is 1. The van der Waals surface area contributed by atoms with Gasteiger partial charge in [-0.25, -0.2) is 4.79 Å². The van der Waals surface area contributed by atoms with E-state index in [0.717, 1.165) is 17.7 Å². The number of thioether (sulfide) groups is 1. The standard InChI is InChI=1S/C12H14N4O3S2/c13-9-8(10(17)16-12(14)15-9)20-5-1-2-6-3-4-7(21-6)11(18)19/h3-4H,1-2,5H2,(H,18,19)(H5,13,14,15,16,17). The first-order valence-electron chi connectivity index (χ1n) is 6.07. The van der Waals surface area contributed by atoms with Gasteiger partial charge in [0.05, 0.1) is 0 Å². The molecule has 6 N–H and O–H groups in total. The fourth-order valence-corrected chi connectivity index (χ4v) is 3.44. The number of thiophene rings is 1. The second kappa shape index (κ2) is 6.64. The summed E-state index contributed by atoms with van der Waals surface area (Å²) < 4.78 is 0. The quantitative estimate of drug-likeness (QED) is 0.465. The Morgan fingerprint density at radius 1 is 1.43 bits per heavy atom. The predicted molar refractivity (Wildman–Crippen MR) is 84.0 cm³/mol. The van der Waals surface area contributed by atoms with Crippen molar-refractivity contribution < 1.29 is 9.90 Å². The van der Waals surface area contributed by atoms with Crippen LogP contribution in [0.5, 0.6) is 0 Å². The molecule has 112 valence electrons. The molecule has 0 saturated carbocycles. The largest absolute Gasteiger partial charge is 0.477 e. The van der Waals surface area contributed by atoms with Crippen LogP contribution in [-0.4, -0.2) is 26.8 Å². The third-order valence-electron chi connectivity index (χ3n) is 2.61. The molecule has 0 aromatic carbocycles. The van der Waals surface area contributed by atoms with Crippen LogP contribution in [0.4, 0.5) is 11.8 Å². The Labute approximate surface area is 128 Å². The summed E-state index contributed by atoms with van der Waals surface area (Å²) in [5, 5.41) is 8.84. The number of nitrogens with two attached hydrogens (primary N) is 2. The molecule has 0 bridgehead atoms. The van der Waals surface area contributed by atoms with Crippen LogP contribution in [0, 0.1) is 0 Å². The van der Waals surface area contributed by atoms with E-state index < -0.39 is 5.97 Å². The highest BCUT2D eigenvalue weighted by atomic mass is 32.2. The average molecular weight is 326 g/mol. The van der Waals surface area contributed by atoms with Gasteiger partial charge >= 0.3 is 5.97 Å². The third-order valence-corrected chi connectivity index (χ3v) is 4.92. The van der Waals surface area contributed by atoms with Gasteiger partial charge in [0, 0.05) is 4.88 Å². The summed E-state index contributed by atoms with van der Waals surface area (Å²) in [4.78, 5) is 30.3. The molecule has 0 aliphatic heterocycles. The molecule has 0 spiro atoms. The number of aromatic nitrogens is 2. The van der Waals surface area contributed by atoms with Crippen molar-refractivity contribution in [1.29, 1.82) is 0 Å². The van der Waals surface area contributed by atoms with Gasteiger partial charge in [0.15, 0.2) is 0 Å². The molecule has 0 radical (unpaired) electrons. The van der Waals surface area contributed by atoms with Gasteiger partial charge in [-0.2, -0.15) is 4.98 Å². The average Bonchev–Trinajstić information content (AvgIpc) is 2.85. The number of H-pyrrole nitrogens is 1. The van der Waals surface area contributed by atoms with Gasteiger partial charge in [-0.3, -0.25) is 9.78 Å². The number of hydrogen-bond acceptors (Lipinski definition) is 7. The summed E-state index contributed by atoms with van der Waals surface area (Å²) in [5.74, 6) is -0.0980. The molecule has 7 nitrogen and oxygen atoms in total. The van der Waals surface area contributed by atoms with Crippen molar-refractivity contribution in [2.24, 2.45) is 0 Å². The third kappa shape index (κ3) is 3.99. The number of carboxylic acid groups (broad SMARTS) is 1. The summed E-state index contributed by atoms with van der Waals surface area (Å²) in [7, 11) is 0. The number of nitrogens with zero attached hydrogens (tertiary/aromatic N) is 1. The topological polar surface area (TPSA) is 135 Å². The molecular formula is C12H14N4O3S2. The molecule has 0 unspecified atom stereocenters. The van der Waals surface area contributed by atoms with Gasteiger partial charge in [0.25, 0.3) is 5.56 Å². The van der Waals surface area contributed by atoms with E-state index in [-0.39, 0.29) is 17.3 Å². The normalized spacial score (nSPS) is 10.7. The van der Waals surface area contributed by atoms with Gasteiger partial charge in [-0.15, -0.1) is 23.1 Å². The molecule has 2 aromatic rings. The SMILES string of the molecule is Nc1nc(N)c(SCCCc2ccc(C(=O)O)s2)c(=O)[nH]1. The lowest BCUT2D eigenvalue weighted by Gasteiger charge is -2.04. The predicted octanol–water partition coefficient (Wildman–Crippen LogP) is 1.42. The number of nitrogens with one attached hydrogen (secondary N) is 1. The second-order valence-electron chi connectivity index (χ2n) is 4.19. The van der Waals surface area contributed by atoms with Gasteiger partial charge in [0.2, 0.25) is 5.95 Å². The first-order chi connectivity index (χ1) is 9.97. The number of aromatic carboxylic acids is 1. The number of rotatable bonds is 6. The van der Waals surface area contributed by atoms with E-state index in [4.69, 9.17) is 16.6 Å². The van der Waals surface area contributed by atoms with E-state index in [2.05, 4.69) is 9.97 Å². The smallest absolute Gasteiger partial charge is 0.345 e. The lowest BCUT2D eigenvalue weighted by molar-refractivity contribution is 0.0702. The summed E-state index contributed by atoms with van der Waals surface area (Å²) >= 11 is 2.58. The maximum Gasteiger partial charge on any atom is 0.345 e. The highest BCUT2D eigenvalue weighted by Gasteiger charge is 2.09. The van der Waals surface area contributed by atoms with Crippen LogP contribution in [0.3, 0.4) is 0 Å². The highest BCUT2D eigenvalue weighted by Crippen LogP contribution is 2.22. The number of nitrogen functional groups attached to an aromatic ring is 2. The zero-order valence-corrected chi connectivity index (χ0v) is 12.6. The number of hydrogen-bond donors (Lipinski definition) is 4. The maximum absolute atomic E-state index is 11.7. The molecule has 0 aliphatic carbocycles. The van der Waals surface area contributed by atoms with Crippen LogP contribution in [0.25, 0.3) is 0 Å². The molecule has 2 rings (SSSR count). The fraction of sp³-hybridized carbons (Fsp3) is 0.250. The van der Waals surface area contributed by atoms with E-state index in [1.54, 1.807) is 6.07 Å². The molecule has 9 heteroatoms. The minimum atomic E-state index is -0.909. The Morgan fingerprint density at radius 2 is 2.19 bits per heavy atom. The highest BCUT2D eigenvalue weighted by molar-refractivity contribution is 7.99. The number of carbonyl (C=O) groups is 1.